The van der Waals surface area contributed by atoms with Crippen LogP contribution < -0.4 is 10.6 Å². The van der Waals surface area contributed by atoms with Gasteiger partial charge in [0.25, 0.3) is 0 Å². The topological polar surface area (TPSA) is 67.2 Å². The summed E-state index contributed by atoms with van der Waals surface area (Å²) in [5.41, 5.74) is 0.725. The van der Waals surface area contributed by atoms with Crippen LogP contribution in [0.2, 0.25) is 0 Å². The van der Waals surface area contributed by atoms with Gasteiger partial charge in [0, 0.05) is 15.3 Å². The molecule has 1 aromatic carbocycles. The van der Waals surface area contributed by atoms with Gasteiger partial charge in [-0.25, -0.2) is 4.79 Å². The van der Waals surface area contributed by atoms with Crippen molar-refractivity contribution in [2.75, 3.05) is 10.6 Å². The first kappa shape index (κ1) is 11.9. The molecule has 1 heterocycles. The van der Waals surface area contributed by atoms with Gasteiger partial charge in [0.1, 0.15) is 5.76 Å². The molecule has 5 nitrogen and oxygen atoms in total. The molecule has 0 spiro atoms. The van der Waals surface area contributed by atoms with E-state index < -0.39 is 0 Å². The number of rotatable bonds is 2. The second-order valence-corrected chi connectivity index (χ2v) is 4.65. The number of nitrogens with one attached hydrogen (secondary N) is 2. The van der Waals surface area contributed by atoms with E-state index in [4.69, 9.17) is 4.52 Å². The lowest BCUT2D eigenvalue weighted by atomic mass is 10.3. The summed E-state index contributed by atoms with van der Waals surface area (Å²) in [6.45, 7) is 1.76. The van der Waals surface area contributed by atoms with Gasteiger partial charge in [-0.15, -0.1) is 0 Å². The molecule has 6 heteroatoms. The van der Waals surface area contributed by atoms with Gasteiger partial charge >= 0.3 is 6.03 Å². The number of nitrogens with zero attached hydrogens (tertiary/aromatic N) is 1. The second kappa shape index (κ2) is 5.17. The van der Waals surface area contributed by atoms with Crippen molar-refractivity contribution in [3.63, 3.8) is 0 Å². The largest absolute Gasteiger partial charge is 0.360 e. The number of hydrogen-bond acceptors (Lipinski definition) is 3. The minimum absolute atomic E-state index is 0.348. The maximum absolute atomic E-state index is 11.6. The Morgan fingerprint density at radius 1 is 1.29 bits per heavy atom. The van der Waals surface area contributed by atoms with Crippen LogP contribution in [0.1, 0.15) is 5.76 Å². The molecule has 0 fully saturated rings. The van der Waals surface area contributed by atoms with E-state index in [9.17, 15) is 4.79 Å². The summed E-state index contributed by atoms with van der Waals surface area (Å²) in [5, 5.41) is 8.92. The molecule has 17 heavy (non-hydrogen) atoms. The number of benzene rings is 1. The van der Waals surface area contributed by atoms with Crippen LogP contribution in [0.5, 0.6) is 0 Å². The van der Waals surface area contributed by atoms with Crippen molar-refractivity contribution >= 4 is 40.1 Å². The van der Waals surface area contributed by atoms with Gasteiger partial charge < -0.3 is 9.84 Å². The molecule has 2 rings (SSSR count). The standard InChI is InChI=1S/C11H10IN3O2/c1-7-6-10(15-17-7)14-11(16)13-9-4-2-8(12)3-5-9/h2-6H,1H3,(H2,13,14,15,16). The first-order chi connectivity index (χ1) is 8.13. The average molecular weight is 343 g/mol. The second-order valence-electron chi connectivity index (χ2n) is 3.41. The zero-order chi connectivity index (χ0) is 12.3. The number of aryl methyl sites for hydroxylation is 1. The Morgan fingerprint density at radius 3 is 2.59 bits per heavy atom. The highest BCUT2D eigenvalue weighted by molar-refractivity contribution is 14.1. The van der Waals surface area contributed by atoms with Crippen LogP contribution in [0.3, 0.4) is 0 Å². The van der Waals surface area contributed by atoms with Crippen LogP contribution in [-0.2, 0) is 0 Å². The number of halogens is 1. The van der Waals surface area contributed by atoms with E-state index in [1.807, 2.05) is 24.3 Å². The van der Waals surface area contributed by atoms with Gasteiger partial charge in [0.2, 0.25) is 0 Å². The molecular formula is C11H10IN3O2. The number of urea groups is 1. The number of hydrogen-bond donors (Lipinski definition) is 2. The van der Waals surface area contributed by atoms with Crippen molar-refractivity contribution in [2.45, 2.75) is 6.92 Å². The molecule has 0 radical (unpaired) electrons. The molecule has 2 N–H and O–H groups in total. The Morgan fingerprint density at radius 2 is 2.00 bits per heavy atom. The first-order valence-electron chi connectivity index (χ1n) is 4.90. The zero-order valence-electron chi connectivity index (χ0n) is 9.03. The summed E-state index contributed by atoms with van der Waals surface area (Å²) >= 11 is 2.20. The molecule has 0 aliphatic rings. The Hall–Kier alpha value is -1.57. The third-order valence-corrected chi connectivity index (χ3v) is 2.69. The van der Waals surface area contributed by atoms with Crippen molar-refractivity contribution in [3.8, 4) is 0 Å². The fraction of sp³-hybridized carbons (Fsp3) is 0.0909. The first-order valence-corrected chi connectivity index (χ1v) is 5.98. The quantitative estimate of drug-likeness (QED) is 0.823. The van der Waals surface area contributed by atoms with Crippen LogP contribution in [0.25, 0.3) is 0 Å². The molecule has 0 bridgehead atoms. The summed E-state index contributed by atoms with van der Waals surface area (Å²) in [6, 6.07) is 8.78. The molecular weight excluding hydrogens is 333 g/mol. The van der Waals surface area contributed by atoms with Gasteiger partial charge in [-0.2, -0.15) is 0 Å². The van der Waals surface area contributed by atoms with Crippen LogP contribution in [0.4, 0.5) is 16.3 Å². The van der Waals surface area contributed by atoms with Crippen molar-refractivity contribution < 1.29 is 9.32 Å². The summed E-state index contributed by atoms with van der Waals surface area (Å²) in [4.78, 5) is 11.6. The lowest BCUT2D eigenvalue weighted by Gasteiger charge is -2.04. The van der Waals surface area contributed by atoms with Crippen LogP contribution >= 0.6 is 22.6 Å². The Labute approximate surface area is 112 Å². The Kier molecular flexibility index (Phi) is 3.62. The molecule has 0 saturated heterocycles. The minimum Gasteiger partial charge on any atom is -0.360 e. The predicted molar refractivity (Wildman–Crippen MR) is 73.0 cm³/mol. The smallest absolute Gasteiger partial charge is 0.324 e. The maximum Gasteiger partial charge on any atom is 0.324 e. The Bertz CT molecular complexity index is 522. The molecule has 88 valence electrons. The predicted octanol–water partition coefficient (Wildman–Crippen LogP) is 3.23. The molecule has 1 aromatic heterocycles. The van der Waals surface area contributed by atoms with Gasteiger partial charge in [0.15, 0.2) is 5.82 Å². The number of amides is 2. The molecule has 2 amide bonds. The van der Waals surface area contributed by atoms with E-state index in [-0.39, 0.29) is 6.03 Å². The van der Waals surface area contributed by atoms with E-state index in [0.29, 0.717) is 11.6 Å². The average Bonchev–Trinajstić information content (AvgIpc) is 2.67. The molecule has 0 aliphatic heterocycles. The zero-order valence-corrected chi connectivity index (χ0v) is 11.2. The van der Waals surface area contributed by atoms with Crippen LogP contribution in [-0.4, -0.2) is 11.2 Å². The van der Waals surface area contributed by atoms with Gasteiger partial charge in [-0.1, -0.05) is 5.16 Å². The van der Waals surface area contributed by atoms with Crippen LogP contribution in [0.15, 0.2) is 34.9 Å². The lowest BCUT2D eigenvalue weighted by Crippen LogP contribution is -2.19. The van der Waals surface area contributed by atoms with E-state index in [0.717, 1.165) is 9.26 Å². The van der Waals surface area contributed by atoms with E-state index in [2.05, 4.69) is 38.4 Å². The number of anilines is 2. The van der Waals surface area contributed by atoms with E-state index in [1.54, 1.807) is 13.0 Å². The van der Waals surface area contributed by atoms with Gasteiger partial charge in [-0.05, 0) is 53.8 Å². The molecule has 2 aromatic rings. The number of carbonyl (C=O) groups excluding carboxylic acids is 1. The fourth-order valence-electron chi connectivity index (χ4n) is 1.24. The van der Waals surface area contributed by atoms with Crippen molar-refractivity contribution in [1.82, 2.24) is 5.16 Å². The van der Waals surface area contributed by atoms with Crippen molar-refractivity contribution in [1.29, 1.82) is 0 Å². The highest BCUT2D eigenvalue weighted by Crippen LogP contribution is 2.12. The monoisotopic (exact) mass is 343 g/mol. The fourth-order valence-corrected chi connectivity index (χ4v) is 1.60. The van der Waals surface area contributed by atoms with E-state index in [1.165, 1.54) is 0 Å². The Balaban J connectivity index is 1.95. The highest BCUT2D eigenvalue weighted by Gasteiger charge is 2.05. The van der Waals surface area contributed by atoms with Crippen molar-refractivity contribution in [2.24, 2.45) is 0 Å². The van der Waals surface area contributed by atoms with Gasteiger partial charge in [0.05, 0.1) is 0 Å². The third-order valence-electron chi connectivity index (χ3n) is 1.97. The molecule has 0 aliphatic carbocycles. The minimum atomic E-state index is -0.348. The SMILES string of the molecule is Cc1cc(NC(=O)Nc2ccc(I)cc2)no1. The van der Waals surface area contributed by atoms with E-state index >= 15 is 0 Å². The number of carbonyl (C=O) groups is 1. The molecule has 0 saturated carbocycles. The van der Waals surface area contributed by atoms with Gasteiger partial charge in [-0.3, -0.25) is 5.32 Å². The highest BCUT2D eigenvalue weighted by atomic mass is 127. The summed E-state index contributed by atoms with van der Waals surface area (Å²) in [7, 11) is 0. The molecule has 0 unspecified atom stereocenters. The lowest BCUT2D eigenvalue weighted by molar-refractivity contribution is 0.262. The van der Waals surface area contributed by atoms with Crippen molar-refractivity contribution in [3.05, 3.63) is 39.7 Å². The normalized spacial score (nSPS) is 10.0. The maximum atomic E-state index is 11.6. The third kappa shape index (κ3) is 3.45. The summed E-state index contributed by atoms with van der Waals surface area (Å²) < 4.78 is 5.95. The van der Waals surface area contributed by atoms with Crippen LogP contribution in [0, 0.1) is 10.5 Å². The number of aromatic nitrogens is 1. The summed E-state index contributed by atoms with van der Waals surface area (Å²) in [6.07, 6.45) is 0. The molecule has 0 atom stereocenters. The summed E-state index contributed by atoms with van der Waals surface area (Å²) in [5.74, 6) is 1.04.